The number of carbonyl (C=O) groups is 2. The second-order valence-corrected chi connectivity index (χ2v) is 7.54. The van der Waals surface area contributed by atoms with Crippen molar-refractivity contribution >= 4 is 27.4 Å². The number of sulfonamides is 1. The van der Waals surface area contributed by atoms with Crippen LogP contribution in [0, 0.1) is 0 Å². The van der Waals surface area contributed by atoms with Gasteiger partial charge in [0.25, 0.3) is 0 Å². The Kier molecular flexibility index (Phi) is 6.75. The summed E-state index contributed by atoms with van der Waals surface area (Å²) in [6.07, 6.45) is 2.79. The van der Waals surface area contributed by atoms with Crippen LogP contribution in [0.1, 0.15) is 44.0 Å². The van der Waals surface area contributed by atoms with E-state index in [-0.39, 0.29) is 24.3 Å². The second kappa shape index (κ2) is 8.10. The SMILES string of the molecule is CCC[C@@H](C)NC(=O)CN(c1cccc(C(C)=O)c1)S(C)(=O)=O. The Morgan fingerprint density at radius 2 is 1.96 bits per heavy atom. The van der Waals surface area contributed by atoms with E-state index >= 15 is 0 Å². The molecule has 1 N–H and O–H groups in total. The second-order valence-electron chi connectivity index (χ2n) is 5.63. The van der Waals surface area contributed by atoms with Gasteiger partial charge < -0.3 is 5.32 Å². The largest absolute Gasteiger partial charge is 0.352 e. The van der Waals surface area contributed by atoms with Crippen molar-refractivity contribution in [3.63, 3.8) is 0 Å². The molecule has 0 heterocycles. The van der Waals surface area contributed by atoms with Crippen LogP contribution < -0.4 is 9.62 Å². The number of benzene rings is 1. The summed E-state index contributed by atoms with van der Waals surface area (Å²) in [4.78, 5) is 23.6. The molecule has 23 heavy (non-hydrogen) atoms. The predicted molar refractivity (Wildman–Crippen MR) is 91.1 cm³/mol. The van der Waals surface area contributed by atoms with Crippen LogP contribution in [0.2, 0.25) is 0 Å². The number of hydrogen-bond donors (Lipinski definition) is 1. The lowest BCUT2D eigenvalue weighted by molar-refractivity contribution is -0.120. The van der Waals surface area contributed by atoms with Gasteiger partial charge in [-0.25, -0.2) is 8.42 Å². The van der Waals surface area contributed by atoms with Crippen molar-refractivity contribution in [1.29, 1.82) is 0 Å². The average Bonchev–Trinajstić information content (AvgIpc) is 2.43. The number of ketones is 1. The molecular weight excluding hydrogens is 316 g/mol. The van der Waals surface area contributed by atoms with Gasteiger partial charge in [0, 0.05) is 11.6 Å². The van der Waals surface area contributed by atoms with Crippen LogP contribution in [0.4, 0.5) is 5.69 Å². The number of rotatable bonds is 8. The van der Waals surface area contributed by atoms with E-state index in [1.165, 1.54) is 13.0 Å². The first kappa shape index (κ1) is 19.2. The van der Waals surface area contributed by atoms with Gasteiger partial charge in [-0.15, -0.1) is 0 Å². The zero-order chi connectivity index (χ0) is 17.6. The molecule has 1 aromatic carbocycles. The van der Waals surface area contributed by atoms with Gasteiger partial charge in [0.2, 0.25) is 15.9 Å². The van der Waals surface area contributed by atoms with Gasteiger partial charge in [-0.1, -0.05) is 25.5 Å². The fraction of sp³-hybridized carbons (Fsp3) is 0.500. The minimum absolute atomic E-state index is 0.0162. The van der Waals surface area contributed by atoms with Gasteiger partial charge in [0.1, 0.15) is 6.54 Å². The topological polar surface area (TPSA) is 83.6 Å². The van der Waals surface area contributed by atoms with Crippen molar-refractivity contribution in [2.24, 2.45) is 0 Å². The zero-order valence-electron chi connectivity index (χ0n) is 14.0. The molecule has 0 aliphatic heterocycles. The van der Waals surface area contributed by atoms with Crippen LogP contribution in [0.5, 0.6) is 0 Å². The van der Waals surface area contributed by atoms with Crippen LogP contribution in [0.25, 0.3) is 0 Å². The minimum Gasteiger partial charge on any atom is -0.352 e. The summed E-state index contributed by atoms with van der Waals surface area (Å²) < 4.78 is 25.0. The first-order valence-corrected chi connectivity index (χ1v) is 9.38. The monoisotopic (exact) mass is 340 g/mol. The van der Waals surface area contributed by atoms with E-state index in [0.717, 1.165) is 23.4 Å². The molecule has 1 amide bonds. The van der Waals surface area contributed by atoms with Crippen LogP contribution in [-0.4, -0.2) is 39.0 Å². The third-order valence-electron chi connectivity index (χ3n) is 3.36. The molecule has 0 bridgehead atoms. The number of anilines is 1. The number of Topliss-reactive ketones (excluding diaryl/α,β-unsaturated/α-hetero) is 1. The molecule has 0 saturated carbocycles. The maximum atomic E-state index is 12.1. The number of carbonyl (C=O) groups excluding carboxylic acids is 2. The van der Waals surface area contributed by atoms with Gasteiger partial charge in [-0.05, 0) is 32.4 Å². The lowest BCUT2D eigenvalue weighted by Crippen LogP contribution is -2.43. The third kappa shape index (κ3) is 6.02. The van der Waals surface area contributed by atoms with E-state index in [2.05, 4.69) is 5.32 Å². The maximum Gasteiger partial charge on any atom is 0.240 e. The zero-order valence-corrected chi connectivity index (χ0v) is 14.8. The summed E-state index contributed by atoms with van der Waals surface area (Å²) in [6, 6.07) is 6.23. The summed E-state index contributed by atoms with van der Waals surface area (Å²) in [5, 5.41) is 2.78. The van der Waals surface area contributed by atoms with Gasteiger partial charge in [0.15, 0.2) is 5.78 Å². The Hall–Kier alpha value is -1.89. The maximum absolute atomic E-state index is 12.1. The molecule has 1 aromatic rings. The molecule has 0 fully saturated rings. The summed E-state index contributed by atoms with van der Waals surface area (Å²) in [7, 11) is -3.64. The highest BCUT2D eigenvalue weighted by Crippen LogP contribution is 2.19. The van der Waals surface area contributed by atoms with E-state index in [1.807, 2.05) is 13.8 Å². The molecule has 0 aromatic heterocycles. The van der Waals surface area contributed by atoms with Crippen molar-refractivity contribution in [3.8, 4) is 0 Å². The van der Waals surface area contributed by atoms with E-state index in [4.69, 9.17) is 0 Å². The van der Waals surface area contributed by atoms with Crippen molar-refractivity contribution < 1.29 is 18.0 Å². The smallest absolute Gasteiger partial charge is 0.240 e. The van der Waals surface area contributed by atoms with Crippen LogP contribution >= 0.6 is 0 Å². The molecule has 0 aliphatic rings. The summed E-state index contributed by atoms with van der Waals surface area (Å²) in [6.45, 7) is 4.98. The highest BCUT2D eigenvalue weighted by Gasteiger charge is 2.22. The molecule has 0 unspecified atom stereocenters. The fourth-order valence-electron chi connectivity index (χ4n) is 2.24. The Bertz CT molecular complexity index is 670. The Morgan fingerprint density at radius 1 is 1.30 bits per heavy atom. The van der Waals surface area contributed by atoms with Crippen LogP contribution in [-0.2, 0) is 14.8 Å². The summed E-state index contributed by atoms with van der Waals surface area (Å²) in [5.74, 6) is -0.536. The summed E-state index contributed by atoms with van der Waals surface area (Å²) >= 11 is 0. The predicted octanol–water partition coefficient (Wildman–Crippen LogP) is 1.96. The normalized spacial score (nSPS) is 12.5. The number of hydrogen-bond acceptors (Lipinski definition) is 4. The highest BCUT2D eigenvalue weighted by atomic mass is 32.2. The Labute approximate surface area is 137 Å². The van der Waals surface area contributed by atoms with Gasteiger partial charge in [-0.3, -0.25) is 13.9 Å². The molecule has 0 spiro atoms. The molecule has 128 valence electrons. The molecule has 0 aliphatic carbocycles. The van der Waals surface area contributed by atoms with E-state index in [9.17, 15) is 18.0 Å². The van der Waals surface area contributed by atoms with Crippen LogP contribution in [0.15, 0.2) is 24.3 Å². The van der Waals surface area contributed by atoms with Crippen molar-refractivity contribution in [1.82, 2.24) is 5.32 Å². The van der Waals surface area contributed by atoms with Crippen LogP contribution in [0.3, 0.4) is 0 Å². The molecule has 0 radical (unpaired) electrons. The molecule has 0 saturated heterocycles. The fourth-order valence-corrected chi connectivity index (χ4v) is 3.08. The van der Waals surface area contributed by atoms with E-state index in [1.54, 1.807) is 18.2 Å². The number of nitrogens with one attached hydrogen (secondary N) is 1. The standard InChI is InChI=1S/C16H24N2O4S/c1-5-7-12(2)17-16(20)11-18(23(4,21)22)15-9-6-8-14(10-15)13(3)19/h6,8-10,12H,5,7,11H2,1-4H3,(H,17,20)/t12-/m1/s1. The molecule has 1 atom stereocenters. The average molecular weight is 340 g/mol. The third-order valence-corrected chi connectivity index (χ3v) is 4.50. The molecule has 1 rings (SSSR count). The highest BCUT2D eigenvalue weighted by molar-refractivity contribution is 7.92. The van der Waals surface area contributed by atoms with Crippen molar-refractivity contribution in [2.45, 2.75) is 39.7 Å². The van der Waals surface area contributed by atoms with E-state index < -0.39 is 10.0 Å². The first-order valence-electron chi connectivity index (χ1n) is 7.53. The Morgan fingerprint density at radius 3 is 2.48 bits per heavy atom. The van der Waals surface area contributed by atoms with Gasteiger partial charge >= 0.3 is 0 Å². The van der Waals surface area contributed by atoms with Gasteiger partial charge in [-0.2, -0.15) is 0 Å². The number of nitrogens with zero attached hydrogens (tertiary/aromatic N) is 1. The van der Waals surface area contributed by atoms with Crippen molar-refractivity contribution in [3.05, 3.63) is 29.8 Å². The molecule has 6 nitrogen and oxygen atoms in total. The lowest BCUT2D eigenvalue weighted by atomic mass is 10.1. The van der Waals surface area contributed by atoms with Crippen molar-refractivity contribution in [2.75, 3.05) is 17.1 Å². The number of amides is 1. The molecule has 7 heteroatoms. The quantitative estimate of drug-likeness (QED) is 0.733. The lowest BCUT2D eigenvalue weighted by Gasteiger charge is -2.23. The molecular formula is C16H24N2O4S. The van der Waals surface area contributed by atoms with E-state index in [0.29, 0.717) is 11.3 Å². The minimum atomic E-state index is -3.64. The van der Waals surface area contributed by atoms with Gasteiger partial charge in [0.05, 0.1) is 11.9 Å². The first-order chi connectivity index (χ1) is 10.6. The Balaban J connectivity index is 3.01. The summed E-state index contributed by atoms with van der Waals surface area (Å²) in [5.41, 5.74) is 0.703.